The normalized spacial score (nSPS) is 16.7. The molecule has 0 radical (unpaired) electrons. The highest BCUT2D eigenvalue weighted by Crippen LogP contribution is 2.25. The van der Waals surface area contributed by atoms with Gasteiger partial charge in [0.05, 0.1) is 0 Å². The highest BCUT2D eigenvalue weighted by molar-refractivity contribution is 5.93. The van der Waals surface area contributed by atoms with Crippen LogP contribution in [-0.4, -0.2) is 12.3 Å². The lowest BCUT2D eigenvalue weighted by atomic mass is 9.88. The van der Waals surface area contributed by atoms with E-state index in [0.29, 0.717) is 11.7 Å². The molecule has 2 heteroatoms. The van der Waals surface area contributed by atoms with Crippen molar-refractivity contribution >= 4 is 22.2 Å². The van der Waals surface area contributed by atoms with Crippen molar-refractivity contribution < 1.29 is 4.79 Å². The molecule has 1 aliphatic rings. The number of ketones is 1. The van der Waals surface area contributed by atoms with E-state index in [0.717, 1.165) is 32.2 Å². The zero-order valence-electron chi connectivity index (χ0n) is 11.1. The first kappa shape index (κ1) is 12.2. The van der Waals surface area contributed by atoms with E-state index >= 15 is 0 Å². The molecule has 0 saturated heterocycles. The van der Waals surface area contributed by atoms with Crippen LogP contribution in [0.25, 0.3) is 10.8 Å². The predicted octanol–water partition coefficient (Wildman–Crippen LogP) is 4.01. The highest BCUT2D eigenvalue weighted by atomic mass is 16.1. The smallest absolute Gasteiger partial charge is 0.132 e. The van der Waals surface area contributed by atoms with Gasteiger partial charge >= 0.3 is 0 Å². The second kappa shape index (κ2) is 5.43. The first-order valence-electron chi connectivity index (χ1n) is 7.06. The molecule has 0 amide bonds. The number of hydrogen-bond acceptors (Lipinski definition) is 2. The summed E-state index contributed by atoms with van der Waals surface area (Å²) in [4.78, 5) is 11.2. The van der Waals surface area contributed by atoms with Gasteiger partial charge in [-0.25, -0.2) is 0 Å². The molecule has 2 aromatic carbocycles. The minimum Gasteiger partial charge on any atom is -0.384 e. The van der Waals surface area contributed by atoms with Crippen LogP contribution in [0.5, 0.6) is 0 Å². The summed E-state index contributed by atoms with van der Waals surface area (Å²) in [6.07, 6.45) is 3.61. The Labute approximate surface area is 113 Å². The molecule has 3 rings (SSSR count). The fourth-order valence-electron chi connectivity index (χ4n) is 2.84. The van der Waals surface area contributed by atoms with Crippen molar-refractivity contribution in [3.8, 4) is 0 Å². The van der Waals surface area contributed by atoms with Crippen molar-refractivity contribution in [1.82, 2.24) is 0 Å². The van der Waals surface area contributed by atoms with E-state index < -0.39 is 0 Å². The molecular formula is C17H19NO. The second-order valence-electron chi connectivity index (χ2n) is 5.39. The molecule has 98 valence electrons. The molecule has 19 heavy (non-hydrogen) atoms. The first-order chi connectivity index (χ1) is 9.33. The average Bonchev–Trinajstić information content (AvgIpc) is 2.47. The number of carbonyl (C=O) groups is 1. The number of carbonyl (C=O) groups excluding carboxylic acids is 1. The minimum absolute atomic E-state index is 0.432. The Morgan fingerprint density at radius 2 is 1.74 bits per heavy atom. The van der Waals surface area contributed by atoms with Crippen molar-refractivity contribution in [2.24, 2.45) is 5.92 Å². The molecule has 1 saturated carbocycles. The number of rotatable bonds is 3. The third-order valence-corrected chi connectivity index (χ3v) is 4.03. The van der Waals surface area contributed by atoms with Crippen molar-refractivity contribution in [3.63, 3.8) is 0 Å². The van der Waals surface area contributed by atoms with Crippen molar-refractivity contribution in [3.05, 3.63) is 42.5 Å². The molecular weight excluding hydrogens is 234 g/mol. The molecule has 1 aliphatic carbocycles. The molecule has 0 spiro atoms. The van der Waals surface area contributed by atoms with Gasteiger partial charge < -0.3 is 5.32 Å². The van der Waals surface area contributed by atoms with E-state index in [1.165, 1.54) is 16.5 Å². The molecule has 0 bridgehead atoms. The predicted molar refractivity (Wildman–Crippen MR) is 79.4 cm³/mol. The van der Waals surface area contributed by atoms with Crippen LogP contribution in [0.15, 0.2) is 42.5 Å². The molecule has 0 unspecified atom stereocenters. The van der Waals surface area contributed by atoms with Gasteiger partial charge in [0.2, 0.25) is 0 Å². The van der Waals surface area contributed by atoms with Gasteiger partial charge in [-0.3, -0.25) is 4.79 Å². The van der Waals surface area contributed by atoms with Gasteiger partial charge in [-0.2, -0.15) is 0 Å². The third kappa shape index (κ3) is 2.78. The number of fused-ring (bicyclic) bond motifs is 1. The van der Waals surface area contributed by atoms with E-state index in [1.807, 2.05) is 0 Å². The largest absolute Gasteiger partial charge is 0.384 e. The lowest BCUT2D eigenvalue weighted by Crippen LogP contribution is -2.21. The number of Topliss-reactive ketones (excluding diaryl/α,β-unsaturated/α-hetero) is 1. The Bertz CT molecular complexity index is 575. The van der Waals surface area contributed by atoms with E-state index in [9.17, 15) is 4.79 Å². The van der Waals surface area contributed by atoms with E-state index in [1.54, 1.807) is 0 Å². The van der Waals surface area contributed by atoms with Gasteiger partial charge in [0.1, 0.15) is 5.78 Å². The van der Waals surface area contributed by atoms with Crippen LogP contribution >= 0.6 is 0 Å². The lowest BCUT2D eigenvalue weighted by molar-refractivity contribution is -0.120. The van der Waals surface area contributed by atoms with Crippen LogP contribution in [0.2, 0.25) is 0 Å². The van der Waals surface area contributed by atoms with Crippen LogP contribution in [0.3, 0.4) is 0 Å². The molecule has 0 aromatic heterocycles. The van der Waals surface area contributed by atoms with E-state index in [2.05, 4.69) is 47.8 Å². The Morgan fingerprint density at radius 1 is 1.00 bits per heavy atom. The fourth-order valence-corrected chi connectivity index (χ4v) is 2.84. The summed E-state index contributed by atoms with van der Waals surface area (Å²) in [7, 11) is 0. The summed E-state index contributed by atoms with van der Waals surface area (Å²) >= 11 is 0. The molecule has 0 heterocycles. The maximum atomic E-state index is 11.2. The first-order valence-corrected chi connectivity index (χ1v) is 7.06. The van der Waals surface area contributed by atoms with E-state index in [-0.39, 0.29) is 0 Å². The van der Waals surface area contributed by atoms with Crippen LogP contribution in [0.4, 0.5) is 5.69 Å². The molecule has 2 aromatic rings. The highest BCUT2D eigenvalue weighted by Gasteiger charge is 2.18. The monoisotopic (exact) mass is 253 g/mol. The zero-order chi connectivity index (χ0) is 13.1. The molecule has 0 atom stereocenters. The zero-order valence-corrected chi connectivity index (χ0v) is 11.1. The summed E-state index contributed by atoms with van der Waals surface area (Å²) in [6.45, 7) is 0.973. The Kier molecular flexibility index (Phi) is 3.49. The minimum atomic E-state index is 0.432. The molecule has 2 nitrogen and oxygen atoms in total. The maximum Gasteiger partial charge on any atom is 0.132 e. The number of benzene rings is 2. The van der Waals surface area contributed by atoms with Gasteiger partial charge in [0.25, 0.3) is 0 Å². The van der Waals surface area contributed by atoms with E-state index in [4.69, 9.17) is 0 Å². The van der Waals surface area contributed by atoms with Gasteiger partial charge in [-0.15, -0.1) is 0 Å². The molecule has 1 fully saturated rings. The fraction of sp³-hybridized carbons (Fsp3) is 0.353. The maximum absolute atomic E-state index is 11.2. The molecule has 1 N–H and O–H groups in total. The van der Waals surface area contributed by atoms with Crippen molar-refractivity contribution in [2.75, 3.05) is 11.9 Å². The summed E-state index contributed by atoms with van der Waals surface area (Å²) in [5.41, 5.74) is 1.20. The summed E-state index contributed by atoms with van der Waals surface area (Å²) in [5, 5.41) is 6.11. The topological polar surface area (TPSA) is 29.1 Å². The van der Waals surface area contributed by atoms with Crippen molar-refractivity contribution in [2.45, 2.75) is 25.7 Å². The number of anilines is 1. The van der Waals surface area contributed by atoms with Crippen LogP contribution in [0, 0.1) is 5.92 Å². The average molecular weight is 253 g/mol. The standard InChI is InChI=1S/C17H19NO/c19-15-10-8-13(9-11-15)12-18-17-7-3-5-14-4-1-2-6-16(14)17/h1-7,13,18H,8-12H2. The molecule has 0 aliphatic heterocycles. The van der Waals surface area contributed by atoms with Gasteiger partial charge in [-0.05, 0) is 30.2 Å². The van der Waals surface area contributed by atoms with Gasteiger partial charge in [0.15, 0.2) is 0 Å². The van der Waals surface area contributed by atoms with Crippen LogP contribution in [0.1, 0.15) is 25.7 Å². The Morgan fingerprint density at radius 3 is 2.58 bits per heavy atom. The Hall–Kier alpha value is -1.83. The summed E-state index contributed by atoms with van der Waals surface area (Å²) in [5.74, 6) is 1.07. The quantitative estimate of drug-likeness (QED) is 0.895. The number of nitrogens with one attached hydrogen (secondary N) is 1. The lowest BCUT2D eigenvalue weighted by Gasteiger charge is -2.22. The third-order valence-electron chi connectivity index (χ3n) is 4.03. The SMILES string of the molecule is O=C1CCC(CNc2cccc3ccccc23)CC1. The summed E-state index contributed by atoms with van der Waals surface area (Å²) < 4.78 is 0. The van der Waals surface area contributed by atoms with Crippen LogP contribution in [-0.2, 0) is 4.79 Å². The van der Waals surface area contributed by atoms with Gasteiger partial charge in [0, 0.05) is 30.5 Å². The Balaban J connectivity index is 1.70. The van der Waals surface area contributed by atoms with Crippen molar-refractivity contribution in [1.29, 1.82) is 0 Å². The summed E-state index contributed by atoms with van der Waals surface area (Å²) in [6, 6.07) is 14.8. The van der Waals surface area contributed by atoms with Gasteiger partial charge in [-0.1, -0.05) is 36.4 Å². The van der Waals surface area contributed by atoms with Crippen LogP contribution < -0.4 is 5.32 Å². The number of hydrogen-bond donors (Lipinski definition) is 1. The second-order valence-corrected chi connectivity index (χ2v) is 5.39.